The van der Waals surface area contributed by atoms with Gasteiger partial charge in [0.05, 0.1) is 5.69 Å². The molecule has 0 spiro atoms. The van der Waals surface area contributed by atoms with Crippen molar-refractivity contribution in [3.63, 3.8) is 0 Å². The maximum absolute atomic E-state index is 8.67. The van der Waals surface area contributed by atoms with Crippen molar-refractivity contribution >= 4 is 5.95 Å². The molecule has 0 amide bonds. The summed E-state index contributed by atoms with van der Waals surface area (Å²) < 4.78 is 0. The monoisotopic (exact) mass is 279 g/mol. The van der Waals surface area contributed by atoms with E-state index in [0.29, 0.717) is 5.95 Å². The van der Waals surface area contributed by atoms with Crippen molar-refractivity contribution in [3.05, 3.63) is 52.8 Å². The molecule has 0 bridgehead atoms. The van der Waals surface area contributed by atoms with Gasteiger partial charge in [-0.1, -0.05) is 30.3 Å². The Bertz CT molecular complexity index is 675. The number of hydrogen-bond acceptors (Lipinski definition) is 5. The molecule has 3 rings (SSSR count). The van der Waals surface area contributed by atoms with E-state index in [-0.39, 0.29) is 0 Å². The van der Waals surface area contributed by atoms with E-state index in [4.69, 9.17) is 5.26 Å². The highest BCUT2D eigenvalue weighted by molar-refractivity contribution is 5.38. The van der Waals surface area contributed by atoms with Gasteiger partial charge < -0.3 is 0 Å². The van der Waals surface area contributed by atoms with Crippen LogP contribution >= 0.6 is 0 Å². The van der Waals surface area contributed by atoms with Crippen molar-refractivity contribution in [1.29, 1.82) is 5.26 Å². The maximum Gasteiger partial charge on any atom is 0.236 e. The molecule has 2 aromatic rings. The second-order valence-electron chi connectivity index (χ2n) is 5.24. The van der Waals surface area contributed by atoms with Crippen LogP contribution in [-0.4, -0.2) is 21.4 Å². The predicted molar refractivity (Wildman–Crippen MR) is 80.3 cm³/mol. The van der Waals surface area contributed by atoms with E-state index < -0.39 is 0 Å². The van der Waals surface area contributed by atoms with Crippen molar-refractivity contribution in [2.45, 2.75) is 26.4 Å². The fourth-order valence-corrected chi connectivity index (χ4v) is 2.72. The molecule has 21 heavy (non-hydrogen) atoms. The Morgan fingerprint density at radius 1 is 1.29 bits per heavy atom. The zero-order valence-corrected chi connectivity index (χ0v) is 12.0. The highest BCUT2D eigenvalue weighted by Gasteiger charge is 2.20. The van der Waals surface area contributed by atoms with Crippen LogP contribution in [0.25, 0.3) is 0 Å². The van der Waals surface area contributed by atoms with E-state index in [0.717, 1.165) is 37.4 Å². The van der Waals surface area contributed by atoms with E-state index >= 15 is 0 Å². The first kappa shape index (κ1) is 13.5. The summed E-state index contributed by atoms with van der Waals surface area (Å²) in [6, 6.07) is 10.5. The Balaban J connectivity index is 1.78. The van der Waals surface area contributed by atoms with Gasteiger partial charge in [-0.3, -0.25) is 10.2 Å². The van der Waals surface area contributed by atoms with Crippen LogP contribution in [0.5, 0.6) is 0 Å². The molecule has 106 valence electrons. The number of anilines is 1. The first-order valence-corrected chi connectivity index (χ1v) is 7.04. The van der Waals surface area contributed by atoms with Gasteiger partial charge in [0.25, 0.3) is 0 Å². The molecule has 2 heterocycles. The fourth-order valence-electron chi connectivity index (χ4n) is 2.72. The van der Waals surface area contributed by atoms with E-state index in [1.807, 2.05) is 19.2 Å². The van der Waals surface area contributed by atoms with Crippen LogP contribution in [0.1, 0.15) is 22.5 Å². The molecule has 1 aliphatic rings. The SMILES string of the molecule is Cc1nc(NC#N)nc2c1CN(Cc1ccccc1)CC2. The maximum atomic E-state index is 8.67. The minimum atomic E-state index is 0.408. The molecule has 1 aromatic heterocycles. The lowest BCUT2D eigenvalue weighted by Gasteiger charge is -2.29. The molecule has 0 radical (unpaired) electrons. The fraction of sp³-hybridized carbons (Fsp3) is 0.312. The minimum absolute atomic E-state index is 0.408. The van der Waals surface area contributed by atoms with Crippen molar-refractivity contribution in [2.24, 2.45) is 0 Å². The van der Waals surface area contributed by atoms with E-state index in [1.165, 1.54) is 11.1 Å². The van der Waals surface area contributed by atoms with Crippen LogP contribution in [0, 0.1) is 18.4 Å². The summed E-state index contributed by atoms with van der Waals surface area (Å²) in [6.45, 7) is 4.76. The average molecular weight is 279 g/mol. The Hall–Kier alpha value is -2.45. The minimum Gasteiger partial charge on any atom is -0.294 e. The van der Waals surface area contributed by atoms with E-state index in [2.05, 4.69) is 44.5 Å². The standard InChI is InChI=1S/C16H17N5/c1-12-14-10-21(9-13-5-3-2-4-6-13)8-7-15(14)20-16(19-12)18-11-17/h2-6H,7-10H2,1H3,(H,18,19,20). The molecular weight excluding hydrogens is 262 g/mol. The molecule has 0 aliphatic carbocycles. The third kappa shape index (κ3) is 3.01. The molecule has 5 heteroatoms. The quantitative estimate of drug-likeness (QED) is 0.689. The van der Waals surface area contributed by atoms with Gasteiger partial charge in [0.15, 0.2) is 6.19 Å². The van der Waals surface area contributed by atoms with Crippen LogP contribution in [-0.2, 0) is 19.5 Å². The Kier molecular flexibility index (Phi) is 3.80. The molecule has 1 aromatic carbocycles. The number of nitrogens with one attached hydrogen (secondary N) is 1. The number of aromatic nitrogens is 2. The molecular formula is C16H17N5. The van der Waals surface area contributed by atoms with Gasteiger partial charge >= 0.3 is 0 Å². The van der Waals surface area contributed by atoms with Gasteiger partial charge in [-0.15, -0.1) is 0 Å². The highest BCUT2D eigenvalue weighted by Crippen LogP contribution is 2.22. The lowest BCUT2D eigenvalue weighted by atomic mass is 10.0. The number of nitriles is 1. The molecule has 0 atom stereocenters. The van der Waals surface area contributed by atoms with Gasteiger partial charge in [-0.25, -0.2) is 9.97 Å². The van der Waals surface area contributed by atoms with Gasteiger partial charge in [0.1, 0.15) is 0 Å². The lowest BCUT2D eigenvalue weighted by Crippen LogP contribution is -2.31. The second-order valence-corrected chi connectivity index (χ2v) is 5.24. The molecule has 0 saturated carbocycles. The topological polar surface area (TPSA) is 64.8 Å². The molecule has 0 fully saturated rings. The molecule has 5 nitrogen and oxygen atoms in total. The van der Waals surface area contributed by atoms with Crippen molar-refractivity contribution < 1.29 is 0 Å². The van der Waals surface area contributed by atoms with Gasteiger partial charge in [0, 0.05) is 37.3 Å². The van der Waals surface area contributed by atoms with E-state index in [9.17, 15) is 0 Å². The highest BCUT2D eigenvalue weighted by atomic mass is 15.2. The molecule has 1 aliphatic heterocycles. The number of benzene rings is 1. The first-order chi connectivity index (χ1) is 10.3. The van der Waals surface area contributed by atoms with Crippen LogP contribution in [0.15, 0.2) is 30.3 Å². The molecule has 1 N–H and O–H groups in total. The summed E-state index contributed by atoms with van der Waals surface area (Å²) in [6.07, 6.45) is 2.77. The first-order valence-electron chi connectivity index (χ1n) is 7.04. The number of aryl methyl sites for hydroxylation is 1. The number of rotatable bonds is 3. The largest absolute Gasteiger partial charge is 0.294 e. The zero-order valence-electron chi connectivity index (χ0n) is 12.0. The smallest absolute Gasteiger partial charge is 0.236 e. The van der Waals surface area contributed by atoms with Crippen LogP contribution in [0.3, 0.4) is 0 Å². The number of fused-ring (bicyclic) bond motifs is 1. The molecule has 0 saturated heterocycles. The average Bonchev–Trinajstić information content (AvgIpc) is 2.49. The number of nitrogens with zero attached hydrogens (tertiary/aromatic N) is 4. The van der Waals surface area contributed by atoms with Gasteiger partial charge in [-0.05, 0) is 12.5 Å². The normalized spacial score (nSPS) is 14.3. The van der Waals surface area contributed by atoms with Crippen LogP contribution in [0.2, 0.25) is 0 Å². The Morgan fingerprint density at radius 2 is 2.10 bits per heavy atom. The van der Waals surface area contributed by atoms with Crippen LogP contribution < -0.4 is 5.32 Å². The third-order valence-corrected chi connectivity index (χ3v) is 3.76. The van der Waals surface area contributed by atoms with E-state index in [1.54, 1.807) is 0 Å². The summed E-state index contributed by atoms with van der Waals surface area (Å²) >= 11 is 0. The summed E-state index contributed by atoms with van der Waals surface area (Å²) in [4.78, 5) is 11.2. The molecule has 0 unspecified atom stereocenters. The third-order valence-electron chi connectivity index (χ3n) is 3.76. The lowest BCUT2D eigenvalue weighted by molar-refractivity contribution is 0.242. The predicted octanol–water partition coefficient (Wildman–Crippen LogP) is 2.24. The zero-order chi connectivity index (χ0) is 14.7. The summed E-state index contributed by atoms with van der Waals surface area (Å²) in [7, 11) is 0. The Morgan fingerprint density at radius 3 is 2.86 bits per heavy atom. The van der Waals surface area contributed by atoms with Crippen LogP contribution in [0.4, 0.5) is 5.95 Å². The van der Waals surface area contributed by atoms with Crippen molar-refractivity contribution in [1.82, 2.24) is 14.9 Å². The summed E-state index contributed by atoms with van der Waals surface area (Å²) in [5.41, 5.74) is 4.53. The summed E-state index contributed by atoms with van der Waals surface area (Å²) in [5.74, 6) is 0.408. The Labute approximate surface area is 124 Å². The summed E-state index contributed by atoms with van der Waals surface area (Å²) in [5, 5.41) is 11.2. The van der Waals surface area contributed by atoms with Gasteiger partial charge in [0.2, 0.25) is 5.95 Å². The second kappa shape index (κ2) is 5.90. The van der Waals surface area contributed by atoms with Crippen molar-refractivity contribution in [3.8, 4) is 6.19 Å². The van der Waals surface area contributed by atoms with Gasteiger partial charge in [-0.2, -0.15) is 5.26 Å². The van der Waals surface area contributed by atoms with Crippen molar-refractivity contribution in [2.75, 3.05) is 11.9 Å². The number of hydrogen-bond donors (Lipinski definition) is 1.